The van der Waals surface area contributed by atoms with Gasteiger partial charge >= 0.3 is 0 Å². The van der Waals surface area contributed by atoms with Crippen LogP contribution in [0.1, 0.15) is 24.8 Å². The monoisotopic (exact) mass is 235 g/mol. The molecule has 94 valence electrons. The molecule has 1 aliphatic rings. The van der Waals surface area contributed by atoms with E-state index in [4.69, 9.17) is 9.84 Å². The first-order valence-electron chi connectivity index (χ1n) is 6.32. The van der Waals surface area contributed by atoms with Gasteiger partial charge in [0.05, 0.1) is 13.2 Å². The third-order valence-electron chi connectivity index (χ3n) is 3.23. The van der Waals surface area contributed by atoms with Crippen LogP contribution in [0.2, 0.25) is 0 Å². The number of benzene rings is 1. The molecule has 1 aliphatic carbocycles. The predicted octanol–water partition coefficient (Wildman–Crippen LogP) is 1.71. The van der Waals surface area contributed by atoms with Crippen LogP contribution in [0.15, 0.2) is 30.3 Å². The van der Waals surface area contributed by atoms with E-state index in [1.54, 1.807) is 0 Å². The molecule has 1 saturated carbocycles. The number of aliphatic hydroxyl groups excluding tert-OH is 1. The molecule has 0 aliphatic heterocycles. The Kier molecular flexibility index (Phi) is 4.54. The van der Waals surface area contributed by atoms with Gasteiger partial charge in [0, 0.05) is 12.1 Å². The molecule has 1 aromatic carbocycles. The zero-order chi connectivity index (χ0) is 12.0. The lowest BCUT2D eigenvalue weighted by Crippen LogP contribution is -2.35. The van der Waals surface area contributed by atoms with Crippen LogP contribution in [-0.4, -0.2) is 30.4 Å². The Bertz CT molecular complexity index is 322. The second kappa shape index (κ2) is 6.15. The maximum atomic E-state index is 9.11. The summed E-state index contributed by atoms with van der Waals surface area (Å²) >= 11 is 0. The summed E-state index contributed by atoms with van der Waals surface area (Å²) in [6.07, 6.45) is 3.21. The van der Waals surface area contributed by atoms with Crippen LogP contribution in [-0.2, 0) is 11.3 Å². The Balaban J connectivity index is 1.50. The quantitative estimate of drug-likeness (QED) is 0.674. The minimum Gasteiger partial charge on any atom is -0.394 e. The van der Waals surface area contributed by atoms with Crippen LogP contribution in [0.4, 0.5) is 0 Å². The summed E-state index contributed by atoms with van der Waals surface area (Å²) in [5, 5.41) is 12.5. The molecule has 17 heavy (non-hydrogen) atoms. The van der Waals surface area contributed by atoms with E-state index in [0.717, 1.165) is 32.4 Å². The summed E-state index contributed by atoms with van der Waals surface area (Å²) in [4.78, 5) is 0. The molecule has 3 nitrogen and oxygen atoms in total. The highest BCUT2D eigenvalue weighted by atomic mass is 16.5. The largest absolute Gasteiger partial charge is 0.394 e. The molecule has 2 rings (SSSR count). The lowest BCUT2D eigenvalue weighted by molar-refractivity contribution is 0.116. The molecule has 0 saturated heterocycles. The van der Waals surface area contributed by atoms with Crippen molar-refractivity contribution in [3.8, 4) is 0 Å². The van der Waals surface area contributed by atoms with Crippen molar-refractivity contribution >= 4 is 0 Å². The van der Waals surface area contributed by atoms with Crippen molar-refractivity contribution in [1.29, 1.82) is 0 Å². The molecule has 2 N–H and O–H groups in total. The summed E-state index contributed by atoms with van der Waals surface area (Å²) in [6.45, 7) is 2.64. The lowest BCUT2D eigenvalue weighted by Gasteiger charge is -2.13. The lowest BCUT2D eigenvalue weighted by atomic mass is 10.2. The average Bonchev–Trinajstić information content (AvgIpc) is 3.16. The van der Waals surface area contributed by atoms with Crippen molar-refractivity contribution in [3.63, 3.8) is 0 Å². The zero-order valence-corrected chi connectivity index (χ0v) is 10.2. The molecule has 3 heteroatoms. The van der Waals surface area contributed by atoms with E-state index in [0.29, 0.717) is 6.61 Å². The fourth-order valence-corrected chi connectivity index (χ4v) is 1.83. The van der Waals surface area contributed by atoms with Gasteiger partial charge in [-0.15, -0.1) is 0 Å². The van der Waals surface area contributed by atoms with Crippen molar-refractivity contribution in [3.05, 3.63) is 35.9 Å². The fourth-order valence-electron chi connectivity index (χ4n) is 1.83. The van der Waals surface area contributed by atoms with Crippen LogP contribution < -0.4 is 5.32 Å². The maximum Gasteiger partial charge on any atom is 0.0716 e. The van der Waals surface area contributed by atoms with Crippen LogP contribution >= 0.6 is 0 Å². The third-order valence-corrected chi connectivity index (χ3v) is 3.23. The van der Waals surface area contributed by atoms with E-state index in [2.05, 4.69) is 17.4 Å². The van der Waals surface area contributed by atoms with Crippen molar-refractivity contribution in [2.24, 2.45) is 0 Å². The highest BCUT2D eigenvalue weighted by molar-refractivity contribution is 5.13. The first kappa shape index (κ1) is 12.6. The number of hydrogen-bond acceptors (Lipinski definition) is 3. The fraction of sp³-hybridized carbons (Fsp3) is 0.571. The van der Waals surface area contributed by atoms with Crippen molar-refractivity contribution < 1.29 is 9.84 Å². The normalized spacial score (nSPS) is 17.0. The van der Waals surface area contributed by atoms with Gasteiger partial charge in [-0.05, 0) is 31.4 Å². The minimum absolute atomic E-state index is 0.0550. The van der Waals surface area contributed by atoms with Crippen LogP contribution in [0.3, 0.4) is 0 Å². The highest BCUT2D eigenvalue weighted by Gasteiger charge is 2.40. The van der Waals surface area contributed by atoms with E-state index < -0.39 is 0 Å². The molecule has 1 aromatic rings. The summed E-state index contributed by atoms with van der Waals surface area (Å²) in [5.41, 5.74) is 1.27. The molecule has 0 heterocycles. The van der Waals surface area contributed by atoms with E-state index in [1.807, 2.05) is 18.2 Å². The Labute approximate surface area is 103 Å². The SMILES string of the molecule is OCC1(NCCCOCc2ccccc2)CC1. The first-order chi connectivity index (χ1) is 8.35. The van der Waals surface area contributed by atoms with Crippen molar-refractivity contribution in [1.82, 2.24) is 5.32 Å². The molecule has 0 aromatic heterocycles. The summed E-state index contributed by atoms with van der Waals surface area (Å²) in [6, 6.07) is 10.2. The van der Waals surface area contributed by atoms with Crippen molar-refractivity contribution in [2.75, 3.05) is 19.8 Å². The van der Waals surface area contributed by atoms with Gasteiger partial charge in [-0.2, -0.15) is 0 Å². The number of hydrogen-bond donors (Lipinski definition) is 2. The van der Waals surface area contributed by atoms with Gasteiger partial charge in [0.2, 0.25) is 0 Å². The van der Waals surface area contributed by atoms with E-state index in [1.165, 1.54) is 5.56 Å². The minimum atomic E-state index is 0.0550. The Morgan fingerprint density at radius 3 is 2.65 bits per heavy atom. The zero-order valence-electron chi connectivity index (χ0n) is 10.2. The van der Waals surface area contributed by atoms with Gasteiger partial charge in [0.1, 0.15) is 0 Å². The molecule has 0 radical (unpaired) electrons. The molecule has 0 unspecified atom stereocenters. The Morgan fingerprint density at radius 2 is 2.00 bits per heavy atom. The smallest absolute Gasteiger partial charge is 0.0716 e. The highest BCUT2D eigenvalue weighted by Crippen LogP contribution is 2.34. The van der Waals surface area contributed by atoms with E-state index in [-0.39, 0.29) is 12.1 Å². The van der Waals surface area contributed by atoms with Crippen LogP contribution in [0.25, 0.3) is 0 Å². The molecule has 0 bridgehead atoms. The predicted molar refractivity (Wildman–Crippen MR) is 67.8 cm³/mol. The summed E-state index contributed by atoms with van der Waals surface area (Å²) < 4.78 is 5.59. The number of aliphatic hydroxyl groups is 1. The number of nitrogens with one attached hydrogen (secondary N) is 1. The Morgan fingerprint density at radius 1 is 1.24 bits per heavy atom. The van der Waals surface area contributed by atoms with E-state index in [9.17, 15) is 0 Å². The second-order valence-corrected chi connectivity index (χ2v) is 4.76. The average molecular weight is 235 g/mol. The first-order valence-corrected chi connectivity index (χ1v) is 6.32. The Hall–Kier alpha value is -0.900. The third kappa shape index (κ3) is 4.11. The van der Waals surface area contributed by atoms with Crippen LogP contribution in [0.5, 0.6) is 0 Å². The summed E-state index contributed by atoms with van der Waals surface area (Å²) in [5.74, 6) is 0. The maximum absolute atomic E-state index is 9.11. The van der Waals surface area contributed by atoms with Gasteiger partial charge in [0.25, 0.3) is 0 Å². The standard InChI is InChI=1S/C14H21NO2/c16-12-14(7-8-14)15-9-4-10-17-11-13-5-2-1-3-6-13/h1-3,5-6,15-16H,4,7-12H2. The van der Waals surface area contributed by atoms with Gasteiger partial charge in [-0.25, -0.2) is 0 Å². The molecule has 0 spiro atoms. The topological polar surface area (TPSA) is 41.5 Å². The second-order valence-electron chi connectivity index (χ2n) is 4.76. The van der Waals surface area contributed by atoms with Gasteiger partial charge in [-0.3, -0.25) is 0 Å². The van der Waals surface area contributed by atoms with Gasteiger partial charge in [-0.1, -0.05) is 30.3 Å². The van der Waals surface area contributed by atoms with Crippen LogP contribution in [0, 0.1) is 0 Å². The molecule has 0 atom stereocenters. The number of rotatable bonds is 8. The summed E-state index contributed by atoms with van der Waals surface area (Å²) in [7, 11) is 0. The molecule has 0 amide bonds. The molecule has 1 fully saturated rings. The van der Waals surface area contributed by atoms with Gasteiger partial charge < -0.3 is 15.2 Å². The van der Waals surface area contributed by atoms with Gasteiger partial charge in [0.15, 0.2) is 0 Å². The van der Waals surface area contributed by atoms with E-state index >= 15 is 0 Å². The number of ether oxygens (including phenoxy) is 1. The van der Waals surface area contributed by atoms with Crippen molar-refractivity contribution in [2.45, 2.75) is 31.4 Å². The molecular formula is C14H21NO2. The molecular weight excluding hydrogens is 214 g/mol.